The maximum Gasteiger partial charge on any atom is 0.422 e. The summed E-state index contributed by atoms with van der Waals surface area (Å²) in [4.78, 5) is 22.1. The van der Waals surface area contributed by atoms with E-state index in [-0.39, 0.29) is 40.9 Å². The van der Waals surface area contributed by atoms with Crippen molar-refractivity contribution in [1.82, 2.24) is 30.1 Å². The summed E-state index contributed by atoms with van der Waals surface area (Å²) >= 11 is 0. The first-order valence-electron chi connectivity index (χ1n) is 9.09. The quantitative estimate of drug-likeness (QED) is 0.473. The number of para-hydroxylation sites is 1. The normalized spacial score (nSPS) is 11.4. The number of anilines is 3. The molecule has 0 atom stereocenters. The maximum absolute atomic E-state index is 12.5. The third-order valence-corrected chi connectivity index (χ3v) is 4.08. The third-order valence-electron chi connectivity index (χ3n) is 4.08. The Morgan fingerprint density at radius 3 is 2.53 bits per heavy atom. The van der Waals surface area contributed by atoms with E-state index in [1.54, 1.807) is 11.9 Å². The van der Waals surface area contributed by atoms with E-state index in [0.717, 1.165) is 5.69 Å². The molecule has 0 radical (unpaired) electrons. The Hall–Kier alpha value is -4.29. The molecule has 1 aromatic carbocycles. The van der Waals surface area contributed by atoms with Gasteiger partial charge in [0.2, 0.25) is 29.4 Å². The summed E-state index contributed by atoms with van der Waals surface area (Å²) in [6, 6.07) is 12.2. The van der Waals surface area contributed by atoms with Crippen LogP contribution >= 0.6 is 0 Å². The van der Waals surface area contributed by atoms with Gasteiger partial charge in [-0.1, -0.05) is 23.4 Å². The minimum absolute atomic E-state index is 0.0203. The molecule has 2 N–H and O–H groups in total. The summed E-state index contributed by atoms with van der Waals surface area (Å²) in [6.45, 7) is -1.52. The van der Waals surface area contributed by atoms with Gasteiger partial charge in [0.25, 0.3) is 5.89 Å². The van der Waals surface area contributed by atoms with E-state index in [4.69, 9.17) is 15.0 Å². The van der Waals surface area contributed by atoms with Crippen LogP contribution in [0.3, 0.4) is 0 Å². The summed E-state index contributed by atoms with van der Waals surface area (Å²) in [5.74, 6) is -0.286. The zero-order chi connectivity index (χ0) is 22.7. The summed E-state index contributed by atoms with van der Waals surface area (Å²) in [5.41, 5.74) is 6.71. The van der Waals surface area contributed by atoms with Gasteiger partial charge in [-0.2, -0.15) is 33.1 Å². The molecule has 3 aromatic heterocycles. The highest BCUT2D eigenvalue weighted by Gasteiger charge is 2.30. The van der Waals surface area contributed by atoms with Crippen molar-refractivity contribution in [2.75, 3.05) is 24.3 Å². The molecular formula is C19H15F3N8O2. The van der Waals surface area contributed by atoms with Gasteiger partial charge in [-0.15, -0.1) is 0 Å². The maximum atomic E-state index is 12.5. The van der Waals surface area contributed by atoms with Crippen LogP contribution in [0.5, 0.6) is 5.88 Å². The first-order chi connectivity index (χ1) is 15.3. The van der Waals surface area contributed by atoms with Crippen molar-refractivity contribution in [3.63, 3.8) is 0 Å². The van der Waals surface area contributed by atoms with Gasteiger partial charge in [-0.25, -0.2) is 4.98 Å². The Morgan fingerprint density at radius 2 is 1.78 bits per heavy atom. The molecule has 4 rings (SSSR count). The molecule has 0 amide bonds. The average Bonchev–Trinajstić information content (AvgIpc) is 3.27. The lowest BCUT2D eigenvalue weighted by atomic mass is 10.2. The van der Waals surface area contributed by atoms with Crippen molar-refractivity contribution >= 4 is 17.6 Å². The molecule has 32 heavy (non-hydrogen) atoms. The Morgan fingerprint density at radius 1 is 1.00 bits per heavy atom. The van der Waals surface area contributed by atoms with Crippen LogP contribution in [-0.4, -0.2) is 49.9 Å². The molecule has 13 heteroatoms. The summed E-state index contributed by atoms with van der Waals surface area (Å²) in [7, 11) is 1.75. The smallest absolute Gasteiger partial charge is 0.422 e. The first-order valence-corrected chi connectivity index (χ1v) is 9.09. The van der Waals surface area contributed by atoms with Crippen LogP contribution in [-0.2, 0) is 0 Å². The molecule has 3 heterocycles. The van der Waals surface area contributed by atoms with E-state index in [2.05, 4.69) is 30.1 Å². The van der Waals surface area contributed by atoms with Gasteiger partial charge >= 0.3 is 6.18 Å². The van der Waals surface area contributed by atoms with Crippen LogP contribution in [0.25, 0.3) is 23.1 Å². The Bertz CT molecular complexity index is 1220. The second kappa shape index (κ2) is 8.45. The first kappa shape index (κ1) is 21.0. The monoisotopic (exact) mass is 444 g/mol. The number of benzene rings is 1. The number of pyridine rings is 1. The number of aromatic nitrogens is 6. The van der Waals surface area contributed by atoms with Gasteiger partial charge in [0.1, 0.15) is 5.56 Å². The molecule has 164 valence electrons. The fraction of sp³-hybridized carbons (Fsp3) is 0.158. The summed E-state index contributed by atoms with van der Waals surface area (Å²) in [6.07, 6.45) is -3.25. The standard InChI is InChI=1S/C19H15F3N8O2/c1-30(11-6-3-2-4-7-11)18-27-13(26-17(23)28-18)14-25-16(32-29-14)12-8-5-9-24-15(12)31-10-19(20,21)22/h2-9H,10H2,1H3,(H2,23,26,27,28). The van der Waals surface area contributed by atoms with Crippen molar-refractivity contribution in [2.24, 2.45) is 0 Å². The van der Waals surface area contributed by atoms with Crippen molar-refractivity contribution < 1.29 is 22.4 Å². The van der Waals surface area contributed by atoms with Crippen LogP contribution in [0.2, 0.25) is 0 Å². The zero-order valence-electron chi connectivity index (χ0n) is 16.5. The minimum atomic E-state index is -4.53. The van der Waals surface area contributed by atoms with E-state index in [1.807, 2.05) is 30.3 Å². The van der Waals surface area contributed by atoms with Crippen LogP contribution in [0, 0.1) is 0 Å². The van der Waals surface area contributed by atoms with Crippen LogP contribution in [0.4, 0.5) is 30.8 Å². The number of ether oxygens (including phenoxy) is 1. The van der Waals surface area contributed by atoms with Crippen LogP contribution in [0.15, 0.2) is 53.2 Å². The van der Waals surface area contributed by atoms with Crippen LogP contribution < -0.4 is 15.4 Å². The molecule has 0 spiro atoms. The zero-order valence-corrected chi connectivity index (χ0v) is 16.5. The van der Waals surface area contributed by atoms with E-state index >= 15 is 0 Å². The second-order valence-electron chi connectivity index (χ2n) is 6.39. The second-order valence-corrected chi connectivity index (χ2v) is 6.39. The molecule has 0 saturated carbocycles. The van der Waals surface area contributed by atoms with Crippen molar-refractivity contribution in [3.8, 4) is 29.0 Å². The van der Waals surface area contributed by atoms with Gasteiger partial charge in [-0.05, 0) is 24.3 Å². The number of rotatable bonds is 6. The van der Waals surface area contributed by atoms with E-state index in [9.17, 15) is 13.2 Å². The fourth-order valence-corrected chi connectivity index (χ4v) is 2.64. The third kappa shape index (κ3) is 4.71. The predicted octanol–water partition coefficient (Wildman–Crippen LogP) is 3.27. The van der Waals surface area contributed by atoms with Crippen molar-refractivity contribution in [1.29, 1.82) is 0 Å². The number of nitrogens with zero attached hydrogens (tertiary/aromatic N) is 7. The number of nitrogen functional groups attached to an aromatic ring is 1. The molecule has 0 aliphatic carbocycles. The number of halogens is 3. The minimum Gasteiger partial charge on any atom is -0.467 e. The number of hydrogen-bond donors (Lipinski definition) is 1. The lowest BCUT2D eigenvalue weighted by Crippen LogP contribution is -2.19. The molecule has 0 aliphatic rings. The highest BCUT2D eigenvalue weighted by molar-refractivity contribution is 5.63. The highest BCUT2D eigenvalue weighted by atomic mass is 19.4. The number of hydrogen-bond acceptors (Lipinski definition) is 10. The van der Waals surface area contributed by atoms with Gasteiger partial charge in [0.15, 0.2) is 6.61 Å². The van der Waals surface area contributed by atoms with Gasteiger partial charge in [-0.3, -0.25) is 0 Å². The van der Waals surface area contributed by atoms with Crippen molar-refractivity contribution in [2.45, 2.75) is 6.18 Å². The molecule has 10 nitrogen and oxygen atoms in total. The molecule has 4 aromatic rings. The Balaban J connectivity index is 1.65. The molecule has 0 aliphatic heterocycles. The lowest BCUT2D eigenvalue weighted by molar-refractivity contribution is -0.154. The highest BCUT2D eigenvalue weighted by Crippen LogP contribution is 2.29. The molecule has 0 unspecified atom stereocenters. The lowest BCUT2D eigenvalue weighted by Gasteiger charge is -2.17. The summed E-state index contributed by atoms with van der Waals surface area (Å²) < 4.78 is 47.5. The van der Waals surface area contributed by atoms with E-state index < -0.39 is 12.8 Å². The van der Waals surface area contributed by atoms with Crippen LogP contribution in [0.1, 0.15) is 0 Å². The predicted molar refractivity (Wildman–Crippen MR) is 107 cm³/mol. The Labute approximate surface area is 178 Å². The molecule has 0 bridgehead atoms. The van der Waals surface area contributed by atoms with Gasteiger partial charge < -0.3 is 19.9 Å². The van der Waals surface area contributed by atoms with Gasteiger partial charge in [0.05, 0.1) is 0 Å². The van der Waals surface area contributed by atoms with Gasteiger partial charge in [0, 0.05) is 18.9 Å². The topological polar surface area (TPSA) is 129 Å². The number of alkyl halides is 3. The molecule has 0 fully saturated rings. The average molecular weight is 444 g/mol. The Kier molecular flexibility index (Phi) is 5.54. The van der Waals surface area contributed by atoms with E-state index in [1.165, 1.54) is 18.3 Å². The molecular weight excluding hydrogens is 429 g/mol. The largest absolute Gasteiger partial charge is 0.467 e. The fourth-order valence-electron chi connectivity index (χ4n) is 2.64. The molecule has 0 saturated heterocycles. The van der Waals surface area contributed by atoms with E-state index in [0.29, 0.717) is 0 Å². The summed E-state index contributed by atoms with van der Waals surface area (Å²) in [5, 5.41) is 3.81. The SMILES string of the molecule is CN(c1ccccc1)c1nc(N)nc(-c2noc(-c3cccnc3OCC(F)(F)F)n2)n1. The van der Waals surface area contributed by atoms with Crippen molar-refractivity contribution in [3.05, 3.63) is 48.7 Å². The number of nitrogens with two attached hydrogens (primary N) is 1.